The number of aromatic nitrogens is 2. The Hall–Kier alpha value is -4.34. The second-order valence-corrected chi connectivity index (χ2v) is 8.25. The molecule has 0 unspecified atom stereocenters. The van der Waals surface area contributed by atoms with Crippen molar-refractivity contribution in [3.05, 3.63) is 71.3 Å². The Bertz CT molecular complexity index is 1220. The molecule has 1 heterocycles. The number of amides is 1. The highest BCUT2D eigenvalue weighted by Crippen LogP contribution is 2.28. The molecule has 2 aliphatic rings. The van der Waals surface area contributed by atoms with Gasteiger partial charge in [0.25, 0.3) is 0 Å². The fourth-order valence-electron chi connectivity index (χ4n) is 3.37. The lowest BCUT2D eigenvalue weighted by Gasteiger charge is -2.16. The van der Waals surface area contributed by atoms with E-state index in [2.05, 4.69) is 25.9 Å². The van der Waals surface area contributed by atoms with Gasteiger partial charge in [-0.2, -0.15) is 4.98 Å². The number of phenolic OH excluding ortho intramolecular Hbond substituents is 1. The number of aliphatic hydroxyl groups excluding tert-OH is 1. The Morgan fingerprint density at radius 2 is 2.03 bits per heavy atom. The molecule has 182 valence electrons. The van der Waals surface area contributed by atoms with Crippen LogP contribution < -0.4 is 16.0 Å². The van der Waals surface area contributed by atoms with Crippen LogP contribution in [-0.4, -0.2) is 45.2 Å². The minimum atomic E-state index is -0.601. The van der Waals surface area contributed by atoms with Gasteiger partial charge in [0.2, 0.25) is 11.9 Å². The van der Waals surface area contributed by atoms with Gasteiger partial charge in [0.1, 0.15) is 17.1 Å². The average Bonchev–Trinajstić information content (AvgIpc) is 3.65. The number of aromatic hydroxyl groups is 1. The highest BCUT2D eigenvalue weighted by Gasteiger charge is 2.22. The first-order valence-electron chi connectivity index (χ1n) is 11.4. The summed E-state index contributed by atoms with van der Waals surface area (Å²) in [5.74, 6) is 0.172. The number of esters is 1. The molecule has 10 nitrogen and oxygen atoms in total. The van der Waals surface area contributed by atoms with Crippen molar-refractivity contribution >= 4 is 29.3 Å². The van der Waals surface area contributed by atoms with E-state index in [1.807, 2.05) is 0 Å². The van der Waals surface area contributed by atoms with Crippen LogP contribution in [0.4, 0.5) is 17.5 Å². The molecule has 2 aromatic rings. The van der Waals surface area contributed by atoms with E-state index in [-0.39, 0.29) is 47.8 Å². The molecule has 0 atom stereocenters. The first-order chi connectivity index (χ1) is 16.9. The number of hydrogen-bond acceptors (Lipinski definition) is 9. The number of allylic oxidation sites excluding steroid dienone is 3. The minimum Gasteiger partial charge on any atom is -0.510 e. The van der Waals surface area contributed by atoms with Gasteiger partial charge in [-0.25, -0.2) is 9.78 Å². The number of ether oxygens (including phenoxy) is 1. The van der Waals surface area contributed by atoms with Crippen LogP contribution in [0.2, 0.25) is 0 Å². The number of nitrogens with zero attached hydrogens (tertiary/aromatic N) is 2. The van der Waals surface area contributed by atoms with Crippen LogP contribution in [0.25, 0.3) is 0 Å². The molecule has 10 heteroatoms. The van der Waals surface area contributed by atoms with E-state index in [4.69, 9.17) is 4.74 Å². The van der Waals surface area contributed by atoms with Crippen LogP contribution in [0.15, 0.2) is 65.7 Å². The molecule has 0 saturated heterocycles. The zero-order chi connectivity index (χ0) is 24.8. The van der Waals surface area contributed by atoms with E-state index in [0.29, 0.717) is 29.4 Å². The van der Waals surface area contributed by atoms with Crippen LogP contribution in [-0.2, 0) is 9.53 Å². The molecule has 1 amide bonds. The highest BCUT2D eigenvalue weighted by atomic mass is 16.5. The summed E-state index contributed by atoms with van der Waals surface area (Å²) in [6.45, 7) is 2.56. The third-order valence-corrected chi connectivity index (χ3v) is 5.36. The monoisotopic (exact) mass is 477 g/mol. The van der Waals surface area contributed by atoms with Crippen molar-refractivity contribution in [3.8, 4) is 5.75 Å². The smallest absolute Gasteiger partial charge is 0.343 e. The summed E-state index contributed by atoms with van der Waals surface area (Å²) in [4.78, 5) is 33.0. The number of carbonyl (C=O) groups excluding carboxylic acids is 2. The third-order valence-electron chi connectivity index (χ3n) is 5.36. The van der Waals surface area contributed by atoms with Gasteiger partial charge in [-0.15, -0.1) is 0 Å². The molecule has 1 aromatic carbocycles. The number of hydrogen-bond donors (Lipinski definition) is 5. The lowest BCUT2D eigenvalue weighted by atomic mass is 10.0. The molecule has 0 spiro atoms. The number of nitrogens with one attached hydrogen (secondary N) is 3. The van der Waals surface area contributed by atoms with Crippen molar-refractivity contribution in [1.82, 2.24) is 15.3 Å². The lowest BCUT2D eigenvalue weighted by Crippen LogP contribution is -2.23. The van der Waals surface area contributed by atoms with Gasteiger partial charge in [0.15, 0.2) is 5.82 Å². The summed E-state index contributed by atoms with van der Waals surface area (Å²) in [5, 5.41) is 29.0. The molecule has 1 fully saturated rings. The van der Waals surface area contributed by atoms with Gasteiger partial charge in [-0.3, -0.25) is 4.79 Å². The predicted molar refractivity (Wildman–Crippen MR) is 130 cm³/mol. The van der Waals surface area contributed by atoms with Gasteiger partial charge < -0.3 is 30.9 Å². The van der Waals surface area contributed by atoms with Gasteiger partial charge in [-0.05, 0) is 49.5 Å². The number of benzene rings is 1. The predicted octanol–water partition coefficient (Wildman–Crippen LogP) is 3.70. The van der Waals surface area contributed by atoms with E-state index < -0.39 is 5.97 Å². The van der Waals surface area contributed by atoms with Crippen LogP contribution in [0, 0.1) is 5.92 Å². The normalized spacial score (nSPS) is 16.2. The molecule has 35 heavy (non-hydrogen) atoms. The van der Waals surface area contributed by atoms with Crippen LogP contribution in [0.3, 0.4) is 0 Å². The Labute approximate surface area is 202 Å². The zero-order valence-corrected chi connectivity index (χ0v) is 19.2. The Morgan fingerprint density at radius 3 is 2.74 bits per heavy atom. The molecular formula is C25H27N5O5. The summed E-state index contributed by atoms with van der Waals surface area (Å²) in [6.07, 6.45) is 8.64. The fourth-order valence-corrected chi connectivity index (χ4v) is 3.37. The molecule has 0 radical (unpaired) electrons. The maximum Gasteiger partial charge on any atom is 0.343 e. The van der Waals surface area contributed by atoms with Gasteiger partial charge in [0, 0.05) is 37.0 Å². The maximum absolute atomic E-state index is 12.4. The van der Waals surface area contributed by atoms with E-state index in [1.165, 1.54) is 24.4 Å². The van der Waals surface area contributed by atoms with E-state index in [0.717, 1.165) is 12.8 Å². The van der Waals surface area contributed by atoms with Crippen LogP contribution in [0.5, 0.6) is 5.75 Å². The first-order valence-corrected chi connectivity index (χ1v) is 11.4. The topological polar surface area (TPSA) is 146 Å². The van der Waals surface area contributed by atoms with E-state index in [9.17, 15) is 19.8 Å². The van der Waals surface area contributed by atoms with Crippen LogP contribution in [0.1, 0.15) is 36.5 Å². The molecule has 5 N–H and O–H groups in total. The van der Waals surface area contributed by atoms with Crippen molar-refractivity contribution in [2.45, 2.75) is 26.2 Å². The van der Waals surface area contributed by atoms with Crippen molar-refractivity contribution in [1.29, 1.82) is 0 Å². The Morgan fingerprint density at radius 1 is 1.20 bits per heavy atom. The van der Waals surface area contributed by atoms with Gasteiger partial charge in [0.05, 0.1) is 12.3 Å². The largest absolute Gasteiger partial charge is 0.510 e. The van der Waals surface area contributed by atoms with Crippen molar-refractivity contribution in [3.63, 3.8) is 0 Å². The first kappa shape index (κ1) is 23.8. The quantitative estimate of drug-likeness (QED) is 0.269. The van der Waals surface area contributed by atoms with E-state index in [1.54, 1.807) is 31.2 Å². The van der Waals surface area contributed by atoms with Gasteiger partial charge in [-0.1, -0.05) is 12.1 Å². The van der Waals surface area contributed by atoms with Crippen molar-refractivity contribution in [2.24, 2.45) is 5.92 Å². The molecule has 0 bridgehead atoms. The SMILES string of the molecule is CCOC(=O)c1cnc(NC2=C(O)CC(=CC(=O)NCC3CC3)C=C2)nc1Nc1cccc(O)c1. The molecule has 1 aromatic heterocycles. The Kier molecular flexibility index (Phi) is 7.30. The molecule has 1 saturated carbocycles. The summed E-state index contributed by atoms with van der Waals surface area (Å²) >= 11 is 0. The highest BCUT2D eigenvalue weighted by molar-refractivity contribution is 5.95. The molecular weight excluding hydrogens is 450 g/mol. The Balaban J connectivity index is 1.49. The average molecular weight is 478 g/mol. The second-order valence-electron chi connectivity index (χ2n) is 8.25. The molecule has 2 aliphatic carbocycles. The standard InChI is InChI=1S/C25H27N5O5/c1-2-35-24(34)19-14-27-25(30-23(19)28-17-4-3-5-18(31)12-17)29-20-9-8-16(10-21(20)32)11-22(33)26-13-15-6-7-15/h3-5,8-9,11-12,14-15,31-32H,2,6-7,10,13H2,1H3,(H,26,33)(H2,27,28,29,30). The third kappa shape index (κ3) is 6.59. The maximum atomic E-state index is 12.4. The fraction of sp³-hybridized carbons (Fsp3) is 0.280. The zero-order valence-electron chi connectivity index (χ0n) is 19.2. The van der Waals surface area contributed by atoms with Crippen molar-refractivity contribution < 1.29 is 24.5 Å². The number of aliphatic hydroxyl groups is 1. The van der Waals surface area contributed by atoms with Crippen LogP contribution >= 0.6 is 0 Å². The summed E-state index contributed by atoms with van der Waals surface area (Å²) < 4.78 is 5.09. The summed E-state index contributed by atoms with van der Waals surface area (Å²) in [6, 6.07) is 6.36. The van der Waals surface area contributed by atoms with Gasteiger partial charge >= 0.3 is 5.97 Å². The summed E-state index contributed by atoms with van der Waals surface area (Å²) in [7, 11) is 0. The number of anilines is 3. The molecule has 0 aliphatic heterocycles. The minimum absolute atomic E-state index is 0.0225. The number of carbonyl (C=O) groups is 2. The summed E-state index contributed by atoms with van der Waals surface area (Å²) in [5.41, 5.74) is 1.66. The number of phenols is 1. The molecule has 4 rings (SSSR count). The second kappa shape index (κ2) is 10.7. The van der Waals surface area contributed by atoms with E-state index >= 15 is 0 Å². The van der Waals surface area contributed by atoms with Crippen molar-refractivity contribution in [2.75, 3.05) is 23.8 Å². The number of rotatable bonds is 9. The lowest BCUT2D eigenvalue weighted by molar-refractivity contribution is -0.116.